The van der Waals surface area contributed by atoms with Gasteiger partial charge in [-0.25, -0.2) is 0 Å². The number of benzene rings is 5. The molecule has 0 amide bonds. The number of aldehydes is 1. The van der Waals surface area contributed by atoms with Crippen LogP contribution in [0.15, 0.2) is 140 Å². The molecule has 48 heavy (non-hydrogen) atoms. The van der Waals surface area contributed by atoms with E-state index in [1.165, 1.54) is 65.0 Å². The number of hydrogen-bond donors (Lipinski definition) is 0. The fourth-order valence-corrected chi connectivity index (χ4v) is 7.18. The van der Waals surface area contributed by atoms with E-state index >= 15 is 0 Å². The second kappa shape index (κ2) is 16.7. The fourth-order valence-electron chi connectivity index (χ4n) is 6.09. The predicted molar refractivity (Wildman–Crippen MR) is 208 cm³/mol. The predicted octanol–water partition coefficient (Wildman–Crippen LogP) is 13.4. The zero-order valence-electron chi connectivity index (χ0n) is 27.7. The number of unbranched alkanes of at least 4 members (excludes halogenated alkanes) is 5. The summed E-state index contributed by atoms with van der Waals surface area (Å²) >= 11 is 1.79. The van der Waals surface area contributed by atoms with Crippen LogP contribution in [0.25, 0.3) is 33.7 Å². The third-order valence-electron chi connectivity index (χ3n) is 8.78. The van der Waals surface area contributed by atoms with Crippen LogP contribution in [0.1, 0.15) is 71.8 Å². The second-order valence-electron chi connectivity index (χ2n) is 12.3. The monoisotopic (exact) mass is 645 g/mol. The molecule has 3 heteroatoms. The van der Waals surface area contributed by atoms with Gasteiger partial charge in [0.1, 0.15) is 6.29 Å². The molecule has 0 spiro atoms. The average molecular weight is 646 g/mol. The summed E-state index contributed by atoms with van der Waals surface area (Å²) in [4.78, 5) is 15.9. The van der Waals surface area contributed by atoms with Crippen LogP contribution in [0, 0.1) is 0 Å². The summed E-state index contributed by atoms with van der Waals surface area (Å²) in [5.74, 6) is 0. The van der Waals surface area contributed by atoms with Gasteiger partial charge >= 0.3 is 0 Å². The number of anilines is 3. The van der Waals surface area contributed by atoms with E-state index in [0.717, 1.165) is 40.9 Å². The van der Waals surface area contributed by atoms with Gasteiger partial charge in [-0.2, -0.15) is 0 Å². The summed E-state index contributed by atoms with van der Waals surface area (Å²) in [6, 6.07) is 49.1. The van der Waals surface area contributed by atoms with E-state index in [2.05, 4.69) is 139 Å². The van der Waals surface area contributed by atoms with Gasteiger partial charge in [-0.1, -0.05) is 142 Å². The highest BCUT2D eigenvalue weighted by molar-refractivity contribution is 7.17. The topological polar surface area (TPSA) is 20.3 Å². The molecule has 0 aliphatic carbocycles. The van der Waals surface area contributed by atoms with Crippen molar-refractivity contribution in [3.63, 3.8) is 0 Å². The summed E-state index contributed by atoms with van der Waals surface area (Å²) in [5.41, 5.74) is 10.2. The minimum absolute atomic E-state index is 0.693. The lowest BCUT2D eigenvalue weighted by Gasteiger charge is -2.25. The van der Waals surface area contributed by atoms with Gasteiger partial charge in [0.25, 0.3) is 0 Å². The molecule has 0 N–H and O–H groups in total. The highest BCUT2D eigenvalue weighted by Gasteiger charge is 2.13. The molecule has 0 unspecified atom stereocenters. The molecule has 0 fully saturated rings. The molecule has 0 aliphatic rings. The Morgan fingerprint density at radius 2 is 1.12 bits per heavy atom. The Labute approximate surface area is 290 Å². The molecule has 0 radical (unpaired) electrons. The second-order valence-corrected chi connectivity index (χ2v) is 13.4. The largest absolute Gasteiger partial charge is 0.311 e. The number of hydrogen-bond acceptors (Lipinski definition) is 3. The molecule has 0 saturated carbocycles. The molecule has 6 aromatic rings. The first-order valence-corrected chi connectivity index (χ1v) is 18.0. The smallest absolute Gasteiger partial charge is 0.150 e. The van der Waals surface area contributed by atoms with Crippen LogP contribution in [0.3, 0.4) is 0 Å². The van der Waals surface area contributed by atoms with Gasteiger partial charge in [0.05, 0.1) is 0 Å². The van der Waals surface area contributed by atoms with Crippen molar-refractivity contribution >= 4 is 46.8 Å². The fraction of sp³-hybridized carbons (Fsp3) is 0.178. The maximum absolute atomic E-state index is 11.3. The number of aryl methyl sites for hydroxylation is 1. The van der Waals surface area contributed by atoms with E-state index in [4.69, 9.17) is 0 Å². The van der Waals surface area contributed by atoms with Gasteiger partial charge < -0.3 is 4.90 Å². The Bertz CT molecular complexity index is 1850. The molecule has 0 saturated heterocycles. The molecule has 5 aromatic carbocycles. The number of carbonyl (C=O) groups excluding carboxylic acids is 1. The number of rotatable bonds is 15. The third kappa shape index (κ3) is 8.48. The summed E-state index contributed by atoms with van der Waals surface area (Å²) in [6.07, 6.45) is 14.4. The van der Waals surface area contributed by atoms with Crippen molar-refractivity contribution in [3.05, 3.63) is 161 Å². The van der Waals surface area contributed by atoms with Gasteiger partial charge in [-0.3, -0.25) is 4.79 Å². The molecular weight excluding hydrogens is 603 g/mol. The SMILES string of the molecule is CCCCCCCCc1ccc(-c2cc(-c3ccc(C=O)cc3)sc2/C=C/c2ccc(N(c3ccccc3)c3ccccc3)cc2)cc1. The average Bonchev–Trinajstić information content (AvgIpc) is 3.58. The van der Waals surface area contributed by atoms with Crippen LogP contribution < -0.4 is 4.90 Å². The van der Waals surface area contributed by atoms with Crippen LogP contribution in [0.2, 0.25) is 0 Å². The number of carbonyl (C=O) groups is 1. The third-order valence-corrected chi connectivity index (χ3v) is 9.93. The van der Waals surface area contributed by atoms with E-state index in [-0.39, 0.29) is 0 Å². The normalized spacial score (nSPS) is 11.2. The van der Waals surface area contributed by atoms with E-state index in [1.807, 2.05) is 24.3 Å². The summed E-state index contributed by atoms with van der Waals surface area (Å²) < 4.78 is 0. The Kier molecular flexibility index (Phi) is 11.5. The number of thiophene rings is 1. The first kappa shape index (κ1) is 32.9. The maximum Gasteiger partial charge on any atom is 0.150 e. The van der Waals surface area contributed by atoms with Gasteiger partial charge in [0.15, 0.2) is 0 Å². The number of nitrogens with zero attached hydrogens (tertiary/aromatic N) is 1. The van der Waals surface area contributed by atoms with Crippen molar-refractivity contribution < 1.29 is 4.79 Å². The van der Waals surface area contributed by atoms with Crippen LogP contribution >= 0.6 is 11.3 Å². The summed E-state index contributed by atoms with van der Waals surface area (Å²) in [7, 11) is 0. The first-order valence-electron chi connectivity index (χ1n) is 17.2. The number of para-hydroxylation sites is 2. The zero-order chi connectivity index (χ0) is 33.0. The van der Waals surface area contributed by atoms with Gasteiger partial charge in [-0.05, 0) is 83.6 Å². The first-order chi connectivity index (χ1) is 23.7. The molecule has 6 rings (SSSR count). The molecule has 2 nitrogen and oxygen atoms in total. The van der Waals surface area contributed by atoms with Crippen molar-refractivity contribution in [1.82, 2.24) is 0 Å². The highest BCUT2D eigenvalue weighted by atomic mass is 32.1. The molecule has 1 aromatic heterocycles. The van der Waals surface area contributed by atoms with Crippen molar-refractivity contribution in [2.24, 2.45) is 0 Å². The quantitative estimate of drug-likeness (QED) is 0.0818. The standard InChI is InChI=1S/C45H43NOS/c1-2-3-4-5-6-9-14-35-19-26-38(27-20-35)43-33-45(39-28-21-37(34-47)22-29-39)48-44(43)32-25-36-23-30-42(31-24-36)46(40-15-10-7-11-16-40)41-17-12-8-13-18-41/h7-8,10-13,15-34H,2-6,9,14H2,1H3/b32-25+. The lowest BCUT2D eigenvalue weighted by Crippen LogP contribution is -2.09. The Hall–Kier alpha value is -4.99. The molecule has 0 aliphatic heterocycles. The van der Waals surface area contributed by atoms with Crippen molar-refractivity contribution in [2.75, 3.05) is 4.90 Å². The summed E-state index contributed by atoms with van der Waals surface area (Å²) in [5, 5.41) is 0. The van der Waals surface area contributed by atoms with Gasteiger partial charge in [-0.15, -0.1) is 11.3 Å². The minimum Gasteiger partial charge on any atom is -0.311 e. The lowest BCUT2D eigenvalue weighted by molar-refractivity contribution is 0.112. The van der Waals surface area contributed by atoms with Crippen molar-refractivity contribution in [1.29, 1.82) is 0 Å². The van der Waals surface area contributed by atoms with Crippen LogP contribution in [0.5, 0.6) is 0 Å². The zero-order valence-corrected chi connectivity index (χ0v) is 28.5. The molecular formula is C45H43NOS. The van der Waals surface area contributed by atoms with Gasteiger partial charge in [0, 0.05) is 37.9 Å². The van der Waals surface area contributed by atoms with Gasteiger partial charge in [0.2, 0.25) is 0 Å². The molecule has 0 atom stereocenters. The van der Waals surface area contributed by atoms with Crippen LogP contribution in [-0.4, -0.2) is 6.29 Å². The Balaban J connectivity index is 1.25. The molecule has 0 bridgehead atoms. The Morgan fingerprint density at radius 3 is 1.75 bits per heavy atom. The minimum atomic E-state index is 0.693. The van der Waals surface area contributed by atoms with E-state index in [1.54, 1.807) is 11.3 Å². The van der Waals surface area contributed by atoms with E-state index in [0.29, 0.717) is 5.56 Å². The van der Waals surface area contributed by atoms with Crippen molar-refractivity contribution in [2.45, 2.75) is 51.9 Å². The molecule has 1 heterocycles. The molecule has 240 valence electrons. The van der Waals surface area contributed by atoms with Crippen LogP contribution in [0.4, 0.5) is 17.1 Å². The van der Waals surface area contributed by atoms with Crippen molar-refractivity contribution in [3.8, 4) is 21.6 Å². The van der Waals surface area contributed by atoms with Crippen LogP contribution in [-0.2, 0) is 6.42 Å². The Morgan fingerprint density at radius 1 is 0.562 bits per heavy atom. The maximum atomic E-state index is 11.3. The van der Waals surface area contributed by atoms with E-state index in [9.17, 15) is 4.79 Å². The summed E-state index contributed by atoms with van der Waals surface area (Å²) in [6.45, 7) is 2.27. The highest BCUT2D eigenvalue weighted by Crippen LogP contribution is 2.39. The lowest BCUT2D eigenvalue weighted by atomic mass is 10.00. The van der Waals surface area contributed by atoms with E-state index < -0.39 is 0 Å².